The maximum Gasteiger partial charge on any atom is 0.321 e. The number of nitrogens with two attached hydrogens (primary N) is 1. The lowest BCUT2D eigenvalue weighted by Gasteiger charge is -2.28. The molecule has 1 aliphatic heterocycles. The van der Waals surface area contributed by atoms with Gasteiger partial charge in [0.2, 0.25) is 0 Å². The number of imide groups is 1. The minimum Gasteiger partial charge on any atom is -0.507 e. The monoisotopic (exact) mass is 344 g/mol. The number of carbonyl (C=O) groups excluding carboxylic acids is 2. The van der Waals surface area contributed by atoms with Gasteiger partial charge in [-0.1, -0.05) is 41.5 Å². The molecule has 136 valence electrons. The summed E-state index contributed by atoms with van der Waals surface area (Å²) in [5, 5.41) is 10.8. The Bertz CT molecular complexity index is 714. The average molecular weight is 344 g/mol. The fourth-order valence-corrected chi connectivity index (χ4v) is 3.04. The Morgan fingerprint density at radius 3 is 1.96 bits per heavy atom. The van der Waals surface area contributed by atoms with Crippen molar-refractivity contribution in [1.29, 1.82) is 0 Å². The number of urea groups is 1. The number of likely N-dealkylation sites (tertiary alicyclic amines) is 1. The van der Waals surface area contributed by atoms with Gasteiger partial charge >= 0.3 is 6.03 Å². The summed E-state index contributed by atoms with van der Waals surface area (Å²) in [7, 11) is 0. The number of phenolic OH excluding ortho intramolecular Hbond substituents is 1. The summed E-state index contributed by atoms with van der Waals surface area (Å²) in [4.78, 5) is 24.6. The van der Waals surface area contributed by atoms with Crippen LogP contribution in [0.25, 0.3) is 6.08 Å². The number of nitrogens with zero attached hydrogens (tertiary/aromatic N) is 1. The highest BCUT2D eigenvalue weighted by Gasteiger charge is 2.30. The number of aromatic hydroxyl groups is 1. The first kappa shape index (κ1) is 19.0. The molecule has 0 unspecified atom stereocenters. The summed E-state index contributed by atoms with van der Waals surface area (Å²) >= 11 is 0. The van der Waals surface area contributed by atoms with Crippen LogP contribution in [0.4, 0.5) is 4.79 Å². The van der Waals surface area contributed by atoms with Crippen molar-refractivity contribution in [3.8, 4) is 5.75 Å². The maximum atomic E-state index is 12.3. The van der Waals surface area contributed by atoms with Crippen LogP contribution >= 0.6 is 0 Å². The summed E-state index contributed by atoms with van der Waals surface area (Å²) in [6.45, 7) is 12.6. The minimum atomic E-state index is -0.718. The number of hydrogen-bond donors (Lipinski definition) is 2. The summed E-state index contributed by atoms with van der Waals surface area (Å²) in [5.41, 5.74) is 7.84. The number of carbonyl (C=O) groups is 2. The second kappa shape index (κ2) is 6.21. The Hall–Kier alpha value is -2.30. The lowest BCUT2D eigenvalue weighted by atomic mass is 9.78. The minimum absolute atomic E-state index is 0.239. The zero-order valence-electron chi connectivity index (χ0n) is 15.9. The second-order valence-corrected chi connectivity index (χ2v) is 8.68. The van der Waals surface area contributed by atoms with Gasteiger partial charge in [-0.25, -0.2) is 4.79 Å². The number of benzene rings is 1. The number of hydrogen-bond acceptors (Lipinski definition) is 3. The van der Waals surface area contributed by atoms with Gasteiger partial charge in [-0.05, 0) is 41.0 Å². The Morgan fingerprint density at radius 2 is 1.60 bits per heavy atom. The molecule has 0 aliphatic carbocycles. The van der Waals surface area contributed by atoms with Crippen molar-refractivity contribution < 1.29 is 14.7 Å². The molecule has 1 aliphatic rings. The number of primary amides is 1. The van der Waals surface area contributed by atoms with E-state index in [4.69, 9.17) is 5.73 Å². The van der Waals surface area contributed by atoms with Crippen LogP contribution in [0.3, 0.4) is 0 Å². The van der Waals surface area contributed by atoms with Gasteiger partial charge in [0.25, 0.3) is 5.91 Å². The molecule has 1 heterocycles. The molecule has 0 radical (unpaired) electrons. The molecule has 3 amide bonds. The molecule has 1 aromatic rings. The predicted octanol–water partition coefficient (Wildman–Crippen LogP) is 3.68. The molecule has 0 saturated carbocycles. The fraction of sp³-hybridized carbons (Fsp3) is 0.500. The van der Waals surface area contributed by atoms with Crippen LogP contribution < -0.4 is 5.73 Å². The first-order chi connectivity index (χ1) is 11.3. The Kier molecular flexibility index (Phi) is 4.73. The van der Waals surface area contributed by atoms with Crippen molar-refractivity contribution >= 4 is 18.0 Å². The third-order valence-corrected chi connectivity index (χ3v) is 4.48. The molecule has 1 saturated heterocycles. The highest BCUT2D eigenvalue weighted by atomic mass is 16.3. The van der Waals surface area contributed by atoms with Crippen LogP contribution in [-0.4, -0.2) is 28.5 Å². The highest BCUT2D eigenvalue weighted by molar-refractivity contribution is 6.08. The molecule has 0 atom stereocenters. The van der Waals surface area contributed by atoms with E-state index in [2.05, 4.69) is 0 Å². The van der Waals surface area contributed by atoms with Crippen LogP contribution in [0, 0.1) is 0 Å². The Labute approximate surface area is 149 Å². The lowest BCUT2D eigenvalue weighted by Crippen LogP contribution is -2.36. The number of amides is 3. The van der Waals surface area contributed by atoms with Gasteiger partial charge in [-0.15, -0.1) is 0 Å². The molecule has 3 N–H and O–H groups in total. The van der Waals surface area contributed by atoms with Crippen molar-refractivity contribution in [3.63, 3.8) is 0 Å². The van der Waals surface area contributed by atoms with E-state index < -0.39 is 6.03 Å². The quantitative estimate of drug-likeness (QED) is 0.762. The summed E-state index contributed by atoms with van der Waals surface area (Å²) in [6, 6.07) is 3.11. The molecule has 0 spiro atoms. The molecule has 5 heteroatoms. The Balaban J connectivity index is 2.58. The molecule has 25 heavy (non-hydrogen) atoms. The van der Waals surface area contributed by atoms with Crippen molar-refractivity contribution in [3.05, 3.63) is 34.4 Å². The van der Waals surface area contributed by atoms with Gasteiger partial charge < -0.3 is 10.8 Å². The molecule has 1 aromatic carbocycles. The summed E-state index contributed by atoms with van der Waals surface area (Å²) < 4.78 is 0. The van der Waals surface area contributed by atoms with Crippen LogP contribution in [0.15, 0.2) is 17.7 Å². The Morgan fingerprint density at radius 1 is 1.12 bits per heavy atom. The van der Waals surface area contributed by atoms with E-state index in [-0.39, 0.29) is 16.7 Å². The van der Waals surface area contributed by atoms with Crippen LogP contribution in [0.2, 0.25) is 0 Å². The van der Waals surface area contributed by atoms with E-state index in [1.165, 1.54) is 0 Å². The zero-order valence-corrected chi connectivity index (χ0v) is 15.9. The number of rotatable bonds is 1. The van der Waals surface area contributed by atoms with Crippen molar-refractivity contribution in [1.82, 2.24) is 4.90 Å². The third kappa shape index (κ3) is 3.86. The summed E-state index contributed by atoms with van der Waals surface area (Å²) in [5.74, 6) is -0.0335. The molecule has 1 fully saturated rings. The topological polar surface area (TPSA) is 83.6 Å². The van der Waals surface area contributed by atoms with Gasteiger partial charge in [0.15, 0.2) is 0 Å². The van der Waals surface area contributed by atoms with Gasteiger partial charge in [0.1, 0.15) is 5.75 Å². The number of phenols is 1. The highest BCUT2D eigenvalue weighted by Crippen LogP contribution is 2.40. The van der Waals surface area contributed by atoms with Gasteiger partial charge in [0, 0.05) is 23.2 Å². The van der Waals surface area contributed by atoms with E-state index in [1.807, 2.05) is 53.7 Å². The van der Waals surface area contributed by atoms with E-state index in [0.717, 1.165) is 21.6 Å². The molecule has 5 nitrogen and oxygen atoms in total. The first-order valence-corrected chi connectivity index (χ1v) is 8.52. The van der Waals surface area contributed by atoms with Crippen molar-refractivity contribution in [2.24, 2.45) is 5.73 Å². The van der Waals surface area contributed by atoms with Crippen molar-refractivity contribution in [2.45, 2.75) is 58.8 Å². The van der Waals surface area contributed by atoms with Gasteiger partial charge in [-0.3, -0.25) is 9.69 Å². The normalized spacial score (nSPS) is 17.4. The van der Waals surface area contributed by atoms with Crippen molar-refractivity contribution in [2.75, 3.05) is 6.54 Å². The van der Waals surface area contributed by atoms with E-state index in [9.17, 15) is 14.7 Å². The molecule has 2 rings (SSSR count). The molecule has 0 aromatic heterocycles. The SMILES string of the molecule is CC(C)(C)c1cc(C=C2CCN(C(N)=O)C2=O)cc(C(C)(C)C)c1O. The zero-order chi connectivity index (χ0) is 19.2. The predicted molar refractivity (Wildman–Crippen MR) is 99.4 cm³/mol. The van der Waals surface area contributed by atoms with E-state index >= 15 is 0 Å². The van der Waals surface area contributed by atoms with Crippen LogP contribution in [0.5, 0.6) is 5.75 Å². The second-order valence-electron chi connectivity index (χ2n) is 8.68. The first-order valence-electron chi connectivity index (χ1n) is 8.52. The van der Waals surface area contributed by atoms with Crippen LogP contribution in [-0.2, 0) is 15.6 Å². The smallest absolute Gasteiger partial charge is 0.321 e. The summed E-state index contributed by atoms with van der Waals surface area (Å²) in [6.07, 6.45) is 2.29. The molecular weight excluding hydrogens is 316 g/mol. The van der Waals surface area contributed by atoms with Gasteiger partial charge in [-0.2, -0.15) is 0 Å². The fourth-order valence-electron chi connectivity index (χ4n) is 3.04. The molecule has 0 bridgehead atoms. The standard InChI is InChI=1S/C20H28N2O3/c1-19(2,3)14-10-12(11-15(16(14)23)20(4,5)6)9-13-7-8-22(17(13)24)18(21)25/h9-11,23H,7-8H2,1-6H3,(H2,21,25). The largest absolute Gasteiger partial charge is 0.507 e. The lowest BCUT2D eigenvalue weighted by molar-refractivity contribution is -0.122. The van der Waals surface area contributed by atoms with E-state index in [0.29, 0.717) is 24.3 Å². The van der Waals surface area contributed by atoms with Gasteiger partial charge in [0.05, 0.1) is 0 Å². The third-order valence-electron chi connectivity index (χ3n) is 4.48. The van der Waals surface area contributed by atoms with Crippen LogP contribution in [0.1, 0.15) is 64.7 Å². The van der Waals surface area contributed by atoms with E-state index in [1.54, 1.807) is 6.08 Å². The average Bonchev–Trinajstić information content (AvgIpc) is 2.79. The maximum absolute atomic E-state index is 12.3. The molecular formula is C20H28N2O3.